The Labute approximate surface area is 171 Å². The second-order valence-corrected chi connectivity index (χ2v) is 8.58. The number of anilines is 1. The van der Waals surface area contributed by atoms with Crippen LogP contribution in [0.3, 0.4) is 0 Å². The summed E-state index contributed by atoms with van der Waals surface area (Å²) in [5.74, 6) is 0.328. The molecule has 7 heteroatoms. The zero-order chi connectivity index (χ0) is 20.9. The first kappa shape index (κ1) is 20.7. The molecule has 0 bridgehead atoms. The van der Waals surface area contributed by atoms with E-state index in [1.807, 2.05) is 42.5 Å². The van der Waals surface area contributed by atoms with Crippen molar-refractivity contribution >= 4 is 32.4 Å². The van der Waals surface area contributed by atoms with Crippen LogP contribution in [0.1, 0.15) is 6.92 Å². The number of hydrogen-bond acceptors (Lipinski definition) is 4. The first-order valence-electron chi connectivity index (χ1n) is 9.30. The minimum Gasteiger partial charge on any atom is -0.492 e. The highest BCUT2D eigenvalue weighted by Gasteiger charge is 2.28. The van der Waals surface area contributed by atoms with E-state index in [1.165, 1.54) is 0 Å². The average molecular weight is 413 g/mol. The van der Waals surface area contributed by atoms with Crippen LogP contribution in [0.5, 0.6) is 5.75 Å². The number of nitrogens with one attached hydrogen (secondary N) is 1. The number of para-hydroxylation sites is 1. The van der Waals surface area contributed by atoms with Crippen molar-refractivity contribution < 1.29 is 17.9 Å². The van der Waals surface area contributed by atoms with Crippen LogP contribution in [0.25, 0.3) is 10.8 Å². The van der Waals surface area contributed by atoms with E-state index in [0.717, 1.165) is 21.3 Å². The van der Waals surface area contributed by atoms with E-state index in [-0.39, 0.29) is 19.1 Å². The number of nitrogens with zero attached hydrogens (tertiary/aromatic N) is 1. The van der Waals surface area contributed by atoms with Gasteiger partial charge < -0.3 is 10.1 Å². The van der Waals surface area contributed by atoms with Gasteiger partial charge in [-0.05, 0) is 42.0 Å². The standard InChI is InChI=1S/C22H24N2O4S/c1-17(24(29(2,26)27)20-10-4-3-5-11-20)22(25)23-14-15-28-21-13-12-18-8-6-7-9-19(18)16-21/h3-13,16-17H,14-15H2,1-2H3,(H,23,25). The van der Waals surface area contributed by atoms with Crippen molar-refractivity contribution in [2.75, 3.05) is 23.7 Å². The zero-order valence-electron chi connectivity index (χ0n) is 16.4. The monoisotopic (exact) mass is 412 g/mol. The number of benzene rings is 3. The molecule has 29 heavy (non-hydrogen) atoms. The maximum absolute atomic E-state index is 12.5. The van der Waals surface area contributed by atoms with Crippen LogP contribution >= 0.6 is 0 Å². The molecule has 0 spiro atoms. The summed E-state index contributed by atoms with van der Waals surface area (Å²) in [6.45, 7) is 2.11. The highest BCUT2D eigenvalue weighted by Crippen LogP contribution is 2.21. The Balaban J connectivity index is 1.57. The van der Waals surface area contributed by atoms with Crippen molar-refractivity contribution in [3.05, 3.63) is 72.8 Å². The highest BCUT2D eigenvalue weighted by molar-refractivity contribution is 7.92. The van der Waals surface area contributed by atoms with Gasteiger partial charge in [-0.1, -0.05) is 48.5 Å². The molecule has 0 aliphatic heterocycles. The summed E-state index contributed by atoms with van der Waals surface area (Å²) in [5.41, 5.74) is 0.449. The summed E-state index contributed by atoms with van der Waals surface area (Å²) < 4.78 is 31.3. The predicted octanol–water partition coefficient (Wildman–Crippen LogP) is 3.19. The molecular formula is C22H24N2O4S. The normalized spacial score (nSPS) is 12.3. The van der Waals surface area contributed by atoms with Crippen LogP contribution in [-0.4, -0.2) is 39.8 Å². The average Bonchev–Trinajstić information content (AvgIpc) is 2.70. The molecular weight excluding hydrogens is 388 g/mol. The van der Waals surface area contributed by atoms with Crippen molar-refractivity contribution in [1.29, 1.82) is 0 Å². The predicted molar refractivity (Wildman–Crippen MR) is 116 cm³/mol. The number of carbonyl (C=O) groups is 1. The Kier molecular flexibility index (Phi) is 6.39. The minimum absolute atomic E-state index is 0.266. The van der Waals surface area contributed by atoms with Crippen molar-refractivity contribution in [3.8, 4) is 5.75 Å². The Morgan fingerprint density at radius 3 is 2.34 bits per heavy atom. The lowest BCUT2D eigenvalue weighted by atomic mass is 10.1. The maximum atomic E-state index is 12.5. The molecule has 1 N–H and O–H groups in total. The number of ether oxygens (including phenoxy) is 1. The molecule has 1 atom stereocenters. The van der Waals surface area contributed by atoms with Crippen LogP contribution < -0.4 is 14.4 Å². The number of fused-ring (bicyclic) bond motifs is 1. The van der Waals surface area contributed by atoms with Crippen LogP contribution in [0.15, 0.2) is 72.8 Å². The van der Waals surface area contributed by atoms with Gasteiger partial charge in [0.1, 0.15) is 18.4 Å². The topological polar surface area (TPSA) is 75.7 Å². The van der Waals surface area contributed by atoms with Gasteiger partial charge >= 0.3 is 0 Å². The van der Waals surface area contributed by atoms with Crippen LogP contribution in [0, 0.1) is 0 Å². The largest absolute Gasteiger partial charge is 0.492 e. The lowest BCUT2D eigenvalue weighted by Gasteiger charge is -2.28. The van der Waals surface area contributed by atoms with E-state index in [1.54, 1.807) is 37.3 Å². The fourth-order valence-corrected chi connectivity index (χ4v) is 4.31. The third kappa shape index (κ3) is 5.26. The van der Waals surface area contributed by atoms with Crippen molar-refractivity contribution in [2.45, 2.75) is 13.0 Å². The number of hydrogen-bond donors (Lipinski definition) is 1. The first-order valence-corrected chi connectivity index (χ1v) is 11.1. The molecule has 6 nitrogen and oxygen atoms in total. The van der Waals surface area contributed by atoms with Gasteiger partial charge in [0.2, 0.25) is 15.9 Å². The zero-order valence-corrected chi connectivity index (χ0v) is 17.2. The molecule has 3 aromatic rings. The summed E-state index contributed by atoms with van der Waals surface area (Å²) in [5, 5.41) is 4.95. The molecule has 3 aromatic carbocycles. The van der Waals surface area contributed by atoms with Gasteiger partial charge in [-0.15, -0.1) is 0 Å². The Morgan fingerprint density at radius 1 is 1.00 bits per heavy atom. The molecule has 0 saturated carbocycles. The molecule has 0 fully saturated rings. The third-order valence-corrected chi connectivity index (χ3v) is 5.73. The van der Waals surface area contributed by atoms with E-state index in [9.17, 15) is 13.2 Å². The molecule has 0 heterocycles. The maximum Gasteiger partial charge on any atom is 0.243 e. The molecule has 152 valence electrons. The SMILES string of the molecule is CC(C(=O)NCCOc1ccc2ccccc2c1)N(c1ccccc1)S(C)(=O)=O. The van der Waals surface area contributed by atoms with E-state index < -0.39 is 16.1 Å². The van der Waals surface area contributed by atoms with Gasteiger partial charge in [0.15, 0.2) is 0 Å². The van der Waals surface area contributed by atoms with Gasteiger partial charge in [-0.2, -0.15) is 0 Å². The van der Waals surface area contributed by atoms with E-state index in [2.05, 4.69) is 5.32 Å². The van der Waals surface area contributed by atoms with Crippen molar-refractivity contribution in [3.63, 3.8) is 0 Å². The molecule has 0 aromatic heterocycles. The fraction of sp³-hybridized carbons (Fsp3) is 0.227. The highest BCUT2D eigenvalue weighted by atomic mass is 32.2. The Bertz CT molecular complexity index is 1080. The molecule has 3 rings (SSSR count). The van der Waals surface area contributed by atoms with Crippen LogP contribution in [0.4, 0.5) is 5.69 Å². The number of amides is 1. The van der Waals surface area contributed by atoms with E-state index >= 15 is 0 Å². The van der Waals surface area contributed by atoms with Crippen molar-refractivity contribution in [2.24, 2.45) is 0 Å². The second-order valence-electron chi connectivity index (χ2n) is 6.72. The lowest BCUT2D eigenvalue weighted by Crippen LogP contribution is -2.48. The molecule has 0 radical (unpaired) electrons. The Hall–Kier alpha value is -3.06. The van der Waals surface area contributed by atoms with E-state index in [4.69, 9.17) is 4.74 Å². The first-order chi connectivity index (χ1) is 13.9. The van der Waals surface area contributed by atoms with E-state index in [0.29, 0.717) is 11.4 Å². The third-order valence-electron chi connectivity index (χ3n) is 4.49. The van der Waals surface area contributed by atoms with Crippen LogP contribution in [0.2, 0.25) is 0 Å². The molecule has 0 saturated heterocycles. The fourth-order valence-electron chi connectivity index (χ4n) is 3.13. The molecule has 0 aliphatic carbocycles. The number of rotatable bonds is 8. The minimum atomic E-state index is -3.62. The molecule has 1 unspecified atom stereocenters. The lowest BCUT2D eigenvalue weighted by molar-refractivity contribution is -0.121. The molecule has 1 amide bonds. The second kappa shape index (κ2) is 8.96. The number of sulfonamides is 1. The number of carbonyl (C=O) groups excluding carboxylic acids is 1. The Morgan fingerprint density at radius 2 is 1.66 bits per heavy atom. The molecule has 0 aliphatic rings. The van der Waals surface area contributed by atoms with Gasteiger partial charge in [-0.25, -0.2) is 8.42 Å². The summed E-state index contributed by atoms with van der Waals surface area (Å²) in [6.07, 6.45) is 1.09. The van der Waals surface area contributed by atoms with Crippen molar-refractivity contribution in [1.82, 2.24) is 5.32 Å². The summed E-state index contributed by atoms with van der Waals surface area (Å²) in [7, 11) is -3.62. The smallest absolute Gasteiger partial charge is 0.243 e. The summed E-state index contributed by atoms with van der Waals surface area (Å²) >= 11 is 0. The van der Waals surface area contributed by atoms with Crippen LogP contribution in [-0.2, 0) is 14.8 Å². The summed E-state index contributed by atoms with van der Waals surface area (Å²) in [6, 6.07) is 21.5. The van der Waals surface area contributed by atoms with Gasteiger partial charge in [-0.3, -0.25) is 9.10 Å². The van der Waals surface area contributed by atoms with Gasteiger partial charge in [0.05, 0.1) is 18.5 Å². The van der Waals surface area contributed by atoms with Gasteiger partial charge in [0, 0.05) is 0 Å². The van der Waals surface area contributed by atoms with Gasteiger partial charge in [0.25, 0.3) is 0 Å². The quantitative estimate of drug-likeness (QED) is 0.577. The summed E-state index contributed by atoms with van der Waals surface area (Å²) in [4.78, 5) is 12.5.